The topological polar surface area (TPSA) is 36.7 Å². The molecule has 0 N–H and O–H groups in total. The monoisotopic (exact) mass is 340 g/mol. The molecule has 0 atom stereocenters. The maximum atomic E-state index is 12.3. The molecule has 2 rings (SSSR count). The van der Waals surface area contributed by atoms with E-state index in [0.29, 0.717) is 13.1 Å². The Balaban J connectivity index is 1.87. The maximum absolute atomic E-state index is 12.3. The normalized spacial score (nSPS) is 11.1. The van der Waals surface area contributed by atoms with Gasteiger partial charge in [-0.15, -0.1) is 11.3 Å². The number of hydrogen-bond donors (Lipinski definition) is 0. The van der Waals surface area contributed by atoms with Gasteiger partial charge < -0.3 is 9.32 Å². The minimum Gasteiger partial charge on any atom is -0.464 e. The number of amides is 1. The molecule has 0 aliphatic heterocycles. The number of furan rings is 1. The first-order chi connectivity index (χ1) is 10.5. The van der Waals surface area contributed by atoms with Crippen LogP contribution in [-0.4, -0.2) is 35.8 Å². The number of aryl methyl sites for hydroxylation is 1. The number of halogens is 1. The van der Waals surface area contributed by atoms with Crippen LogP contribution in [-0.2, 0) is 17.9 Å². The van der Waals surface area contributed by atoms with Crippen molar-refractivity contribution in [3.63, 3.8) is 0 Å². The molecule has 6 heteroatoms. The molecule has 1 amide bonds. The summed E-state index contributed by atoms with van der Waals surface area (Å²) in [6.45, 7) is 6.40. The van der Waals surface area contributed by atoms with Crippen molar-refractivity contribution < 1.29 is 9.21 Å². The molecule has 0 unspecified atom stereocenters. The Labute approximate surface area is 140 Å². The Morgan fingerprint density at radius 1 is 1.27 bits per heavy atom. The lowest BCUT2D eigenvalue weighted by atomic mass is 10.3. The predicted molar refractivity (Wildman–Crippen MR) is 90.2 cm³/mol. The van der Waals surface area contributed by atoms with E-state index in [1.807, 2.05) is 31.2 Å². The minimum atomic E-state index is 0.0820. The largest absolute Gasteiger partial charge is 0.464 e. The second-order valence-corrected chi connectivity index (χ2v) is 7.07. The highest BCUT2D eigenvalue weighted by Crippen LogP contribution is 2.22. The number of rotatable bonds is 7. The van der Waals surface area contributed by atoms with Gasteiger partial charge in [0.25, 0.3) is 0 Å². The number of hydrogen-bond acceptors (Lipinski definition) is 4. The van der Waals surface area contributed by atoms with Crippen LogP contribution in [0.15, 0.2) is 28.7 Å². The molecule has 2 aromatic heterocycles. The first-order valence-corrected chi connectivity index (χ1v) is 8.43. The summed E-state index contributed by atoms with van der Waals surface area (Å²) < 4.78 is 6.29. The van der Waals surface area contributed by atoms with Gasteiger partial charge in [-0.3, -0.25) is 9.69 Å². The van der Waals surface area contributed by atoms with E-state index >= 15 is 0 Å². The van der Waals surface area contributed by atoms with E-state index in [2.05, 4.69) is 11.8 Å². The average molecular weight is 341 g/mol. The van der Waals surface area contributed by atoms with E-state index in [1.54, 1.807) is 23.3 Å². The van der Waals surface area contributed by atoms with Crippen molar-refractivity contribution in [2.75, 3.05) is 20.1 Å². The summed E-state index contributed by atoms with van der Waals surface area (Å²) in [6, 6.07) is 7.72. The summed E-state index contributed by atoms with van der Waals surface area (Å²) >= 11 is 7.51. The average Bonchev–Trinajstić information content (AvgIpc) is 3.06. The zero-order chi connectivity index (χ0) is 16.1. The highest BCUT2D eigenvalue weighted by atomic mass is 35.5. The predicted octanol–water partition coefficient (Wildman–Crippen LogP) is 3.78. The van der Waals surface area contributed by atoms with Crippen molar-refractivity contribution in [1.29, 1.82) is 0 Å². The van der Waals surface area contributed by atoms with Crippen molar-refractivity contribution in [2.24, 2.45) is 0 Å². The van der Waals surface area contributed by atoms with Crippen LogP contribution in [0.2, 0.25) is 4.34 Å². The third-order valence-corrected chi connectivity index (χ3v) is 4.65. The van der Waals surface area contributed by atoms with Crippen LogP contribution in [0.1, 0.15) is 23.3 Å². The van der Waals surface area contributed by atoms with Crippen LogP contribution in [0.4, 0.5) is 0 Å². The standard InChI is InChI=1S/C16H21ClN2O2S/c1-4-19(10-14-7-8-15(17)22-14)11-16(20)18(3)9-13-6-5-12(2)21-13/h5-8H,4,9-11H2,1-3H3. The summed E-state index contributed by atoms with van der Waals surface area (Å²) in [5.74, 6) is 1.75. The van der Waals surface area contributed by atoms with E-state index in [4.69, 9.17) is 16.0 Å². The molecule has 120 valence electrons. The zero-order valence-corrected chi connectivity index (χ0v) is 14.7. The minimum absolute atomic E-state index is 0.0820. The SMILES string of the molecule is CCN(CC(=O)N(C)Cc1ccc(C)o1)Cc1ccc(Cl)s1. The Kier molecular flexibility index (Phi) is 6.06. The number of likely N-dealkylation sites (N-methyl/N-ethyl adjacent to an activating group) is 2. The first-order valence-electron chi connectivity index (χ1n) is 7.23. The fraction of sp³-hybridized carbons (Fsp3) is 0.438. The van der Waals surface area contributed by atoms with Crippen LogP contribution in [0.3, 0.4) is 0 Å². The summed E-state index contributed by atoms with van der Waals surface area (Å²) in [6.07, 6.45) is 0. The van der Waals surface area contributed by atoms with Crippen molar-refractivity contribution >= 4 is 28.8 Å². The van der Waals surface area contributed by atoms with E-state index in [9.17, 15) is 4.79 Å². The molecule has 0 spiro atoms. The Bertz CT molecular complexity index is 623. The third kappa shape index (κ3) is 4.87. The molecule has 0 saturated carbocycles. The second kappa shape index (κ2) is 7.81. The van der Waals surface area contributed by atoms with Gasteiger partial charge in [-0.1, -0.05) is 18.5 Å². The lowest BCUT2D eigenvalue weighted by molar-refractivity contribution is -0.132. The summed E-state index contributed by atoms with van der Waals surface area (Å²) in [4.78, 5) is 17.3. The van der Waals surface area contributed by atoms with Gasteiger partial charge >= 0.3 is 0 Å². The molecule has 0 aliphatic rings. The summed E-state index contributed by atoms with van der Waals surface area (Å²) in [7, 11) is 1.80. The number of carbonyl (C=O) groups excluding carboxylic acids is 1. The molecule has 22 heavy (non-hydrogen) atoms. The lowest BCUT2D eigenvalue weighted by Crippen LogP contribution is -2.37. The highest BCUT2D eigenvalue weighted by Gasteiger charge is 2.15. The molecule has 0 radical (unpaired) electrons. The Hall–Kier alpha value is -1.30. The smallest absolute Gasteiger partial charge is 0.236 e. The fourth-order valence-corrected chi connectivity index (χ4v) is 3.27. The molecule has 2 aromatic rings. The van der Waals surface area contributed by atoms with Gasteiger partial charge in [0, 0.05) is 18.5 Å². The Morgan fingerprint density at radius 2 is 2.05 bits per heavy atom. The van der Waals surface area contributed by atoms with Gasteiger partial charge in [0.2, 0.25) is 5.91 Å². The number of nitrogens with zero attached hydrogens (tertiary/aromatic N) is 2. The van der Waals surface area contributed by atoms with Crippen LogP contribution >= 0.6 is 22.9 Å². The van der Waals surface area contributed by atoms with Gasteiger partial charge in [0.05, 0.1) is 17.4 Å². The molecule has 0 saturated heterocycles. The van der Waals surface area contributed by atoms with Crippen LogP contribution < -0.4 is 0 Å². The van der Waals surface area contributed by atoms with Crippen molar-refractivity contribution in [3.8, 4) is 0 Å². The molecule has 0 aromatic carbocycles. The molecule has 2 heterocycles. The van der Waals surface area contributed by atoms with Crippen LogP contribution in [0.25, 0.3) is 0 Å². The Morgan fingerprint density at radius 3 is 2.59 bits per heavy atom. The van der Waals surface area contributed by atoms with Gasteiger partial charge in [-0.05, 0) is 37.7 Å². The molecular formula is C16H21ClN2O2S. The van der Waals surface area contributed by atoms with Crippen LogP contribution in [0.5, 0.6) is 0 Å². The molecule has 0 aliphatic carbocycles. The molecule has 0 fully saturated rings. The molecule has 0 bridgehead atoms. The summed E-state index contributed by atoms with van der Waals surface area (Å²) in [5.41, 5.74) is 0. The number of thiophene rings is 1. The maximum Gasteiger partial charge on any atom is 0.236 e. The zero-order valence-electron chi connectivity index (χ0n) is 13.1. The quantitative estimate of drug-likeness (QED) is 0.769. The van der Waals surface area contributed by atoms with Crippen molar-refractivity contribution in [1.82, 2.24) is 9.80 Å². The van der Waals surface area contributed by atoms with E-state index in [0.717, 1.165) is 28.9 Å². The lowest BCUT2D eigenvalue weighted by Gasteiger charge is -2.23. The van der Waals surface area contributed by atoms with E-state index in [-0.39, 0.29) is 5.91 Å². The van der Waals surface area contributed by atoms with Gasteiger partial charge in [-0.25, -0.2) is 0 Å². The van der Waals surface area contributed by atoms with Crippen molar-refractivity contribution in [3.05, 3.63) is 45.0 Å². The van der Waals surface area contributed by atoms with E-state index in [1.165, 1.54) is 4.88 Å². The second-order valence-electron chi connectivity index (χ2n) is 5.27. The highest BCUT2D eigenvalue weighted by molar-refractivity contribution is 7.16. The molecular weight excluding hydrogens is 320 g/mol. The van der Waals surface area contributed by atoms with E-state index < -0.39 is 0 Å². The van der Waals surface area contributed by atoms with Gasteiger partial charge in [0.1, 0.15) is 11.5 Å². The molecule has 4 nitrogen and oxygen atoms in total. The van der Waals surface area contributed by atoms with Gasteiger partial charge in [-0.2, -0.15) is 0 Å². The third-order valence-electron chi connectivity index (χ3n) is 3.43. The fourth-order valence-electron chi connectivity index (χ4n) is 2.14. The number of carbonyl (C=O) groups is 1. The first kappa shape index (κ1) is 17.1. The van der Waals surface area contributed by atoms with Gasteiger partial charge in [0.15, 0.2) is 0 Å². The van der Waals surface area contributed by atoms with Crippen molar-refractivity contribution in [2.45, 2.75) is 26.9 Å². The summed E-state index contributed by atoms with van der Waals surface area (Å²) in [5, 5.41) is 0. The van der Waals surface area contributed by atoms with Crippen LogP contribution in [0, 0.1) is 6.92 Å².